The summed E-state index contributed by atoms with van der Waals surface area (Å²) in [6.07, 6.45) is -0.284. The van der Waals surface area contributed by atoms with Crippen LogP contribution in [0.1, 0.15) is 22.9 Å². The molecule has 0 bridgehead atoms. The van der Waals surface area contributed by atoms with E-state index in [0.717, 1.165) is 55.6 Å². The number of fused-ring (bicyclic) bond motifs is 4. The molecule has 0 saturated carbocycles. The second-order valence-electron chi connectivity index (χ2n) is 10.3. The van der Waals surface area contributed by atoms with E-state index < -0.39 is 0 Å². The first kappa shape index (κ1) is 23.4. The van der Waals surface area contributed by atoms with Crippen LogP contribution < -0.4 is 5.32 Å². The van der Waals surface area contributed by atoms with Crippen molar-refractivity contribution in [1.82, 2.24) is 5.32 Å². The van der Waals surface area contributed by atoms with Crippen molar-refractivity contribution >= 4 is 44.4 Å². The van der Waals surface area contributed by atoms with Gasteiger partial charge < -0.3 is 9.73 Å². The zero-order chi connectivity index (χ0) is 27.2. The van der Waals surface area contributed by atoms with Crippen molar-refractivity contribution in [2.75, 3.05) is 0 Å². The Morgan fingerprint density at radius 2 is 1.27 bits per heavy atom. The molecule has 4 heteroatoms. The highest BCUT2D eigenvalue weighted by molar-refractivity contribution is 6.22. The lowest BCUT2D eigenvalue weighted by atomic mass is 9.94. The summed E-state index contributed by atoms with van der Waals surface area (Å²) < 4.78 is 6.47. The molecule has 0 radical (unpaired) electrons. The highest BCUT2D eigenvalue weighted by Gasteiger charge is 2.24. The molecule has 1 aromatic heterocycles. The Balaban J connectivity index is 1.40. The van der Waals surface area contributed by atoms with Crippen molar-refractivity contribution in [1.29, 1.82) is 0 Å². The molecule has 1 aliphatic rings. The fourth-order valence-electron chi connectivity index (χ4n) is 5.78. The molecule has 1 N–H and O–H groups in total. The molecule has 8 rings (SSSR count). The zero-order valence-corrected chi connectivity index (χ0v) is 22.2. The first-order valence-corrected chi connectivity index (χ1v) is 13.8. The van der Waals surface area contributed by atoms with Gasteiger partial charge in [-0.3, -0.25) is 0 Å². The average Bonchev–Trinajstić information content (AvgIpc) is 3.43. The summed E-state index contributed by atoms with van der Waals surface area (Å²) in [6.45, 7) is 0. The van der Waals surface area contributed by atoms with E-state index in [-0.39, 0.29) is 6.17 Å². The average molecular weight is 528 g/mol. The lowest BCUT2D eigenvalue weighted by Gasteiger charge is -2.24. The maximum absolute atomic E-state index is 6.47. The van der Waals surface area contributed by atoms with Crippen molar-refractivity contribution < 1.29 is 4.42 Å². The van der Waals surface area contributed by atoms with Crippen LogP contribution in [0.3, 0.4) is 0 Å². The van der Waals surface area contributed by atoms with E-state index >= 15 is 0 Å². The highest BCUT2D eigenvalue weighted by atomic mass is 16.3. The molecule has 0 fully saturated rings. The molecule has 0 saturated heterocycles. The molecule has 1 atom stereocenters. The molecule has 7 aromatic rings. The van der Waals surface area contributed by atoms with Crippen molar-refractivity contribution in [3.05, 3.63) is 156 Å². The van der Waals surface area contributed by atoms with Crippen molar-refractivity contribution in [2.24, 2.45) is 9.98 Å². The third-order valence-electron chi connectivity index (χ3n) is 7.72. The van der Waals surface area contributed by atoms with E-state index in [1.165, 1.54) is 10.8 Å². The van der Waals surface area contributed by atoms with Crippen LogP contribution in [0.4, 0.5) is 0 Å². The lowest BCUT2D eigenvalue weighted by molar-refractivity contribution is 0.668. The largest absolute Gasteiger partial charge is 0.456 e. The molecule has 194 valence electrons. The molecule has 0 aliphatic carbocycles. The van der Waals surface area contributed by atoms with Gasteiger partial charge in [0.15, 0.2) is 5.84 Å². The van der Waals surface area contributed by atoms with Gasteiger partial charge in [0, 0.05) is 21.9 Å². The second-order valence-corrected chi connectivity index (χ2v) is 10.3. The van der Waals surface area contributed by atoms with E-state index in [0.29, 0.717) is 5.84 Å². The van der Waals surface area contributed by atoms with Crippen LogP contribution in [0.15, 0.2) is 154 Å². The van der Waals surface area contributed by atoms with Crippen LogP contribution in [0.5, 0.6) is 0 Å². The molecule has 0 spiro atoms. The Morgan fingerprint density at radius 3 is 2.12 bits per heavy atom. The Hall–Kier alpha value is -5.48. The first-order chi connectivity index (χ1) is 20.3. The quantitative estimate of drug-likeness (QED) is 0.248. The lowest BCUT2D eigenvalue weighted by Crippen LogP contribution is -2.33. The van der Waals surface area contributed by atoms with Gasteiger partial charge in [0.2, 0.25) is 0 Å². The fraction of sp³-hybridized carbons (Fsp3) is 0.0270. The van der Waals surface area contributed by atoms with Crippen LogP contribution in [0.25, 0.3) is 43.8 Å². The molecule has 6 aromatic carbocycles. The van der Waals surface area contributed by atoms with Gasteiger partial charge in [-0.25, -0.2) is 9.98 Å². The maximum atomic E-state index is 6.47. The standard InChI is InChI=1S/C37H25N3O/c1-3-13-25(14-4-1)35-38-36(26-15-5-2-6-16-26)40-37(39-35)31-22-27(29-20-11-17-24-12-7-8-18-28(24)29)23-33-34(31)30-19-9-10-21-32(30)41-33/h1-23,35H,(H,38,39,40). The molecular formula is C37H25N3O. The first-order valence-electron chi connectivity index (χ1n) is 13.8. The fourth-order valence-corrected chi connectivity index (χ4v) is 5.78. The molecule has 2 heterocycles. The number of hydrogen-bond acceptors (Lipinski definition) is 4. The minimum atomic E-state index is -0.284. The van der Waals surface area contributed by atoms with Crippen LogP contribution >= 0.6 is 0 Å². The van der Waals surface area contributed by atoms with E-state index in [4.69, 9.17) is 14.4 Å². The molecule has 4 nitrogen and oxygen atoms in total. The molecule has 1 aliphatic heterocycles. The zero-order valence-electron chi connectivity index (χ0n) is 22.2. The van der Waals surface area contributed by atoms with Crippen molar-refractivity contribution in [2.45, 2.75) is 6.17 Å². The van der Waals surface area contributed by atoms with Crippen molar-refractivity contribution in [3.8, 4) is 11.1 Å². The van der Waals surface area contributed by atoms with Crippen molar-refractivity contribution in [3.63, 3.8) is 0 Å². The van der Waals surface area contributed by atoms with Crippen LogP contribution in [-0.4, -0.2) is 11.7 Å². The Kier molecular flexibility index (Phi) is 5.49. The summed E-state index contributed by atoms with van der Waals surface area (Å²) in [7, 11) is 0. The Bertz CT molecular complexity index is 2120. The Morgan fingerprint density at radius 1 is 0.561 bits per heavy atom. The van der Waals surface area contributed by atoms with Gasteiger partial charge in [-0.2, -0.15) is 0 Å². The Labute approximate surface area is 237 Å². The van der Waals surface area contributed by atoms with Gasteiger partial charge in [-0.15, -0.1) is 0 Å². The number of para-hydroxylation sites is 1. The molecule has 41 heavy (non-hydrogen) atoms. The number of rotatable bonds is 4. The van der Waals surface area contributed by atoms with E-state index in [2.05, 4.69) is 96.3 Å². The topological polar surface area (TPSA) is 49.9 Å². The number of aliphatic imine (C=N–C) groups is 2. The van der Waals surface area contributed by atoms with Gasteiger partial charge in [0.1, 0.15) is 23.2 Å². The van der Waals surface area contributed by atoms with Gasteiger partial charge in [0.25, 0.3) is 0 Å². The van der Waals surface area contributed by atoms with Gasteiger partial charge >= 0.3 is 0 Å². The third-order valence-corrected chi connectivity index (χ3v) is 7.72. The monoisotopic (exact) mass is 527 g/mol. The normalized spacial score (nSPS) is 15.1. The van der Waals surface area contributed by atoms with Gasteiger partial charge in [0.05, 0.1) is 0 Å². The predicted molar refractivity (Wildman–Crippen MR) is 168 cm³/mol. The molecular weight excluding hydrogens is 502 g/mol. The number of benzene rings is 6. The van der Waals surface area contributed by atoms with Crippen LogP contribution in [-0.2, 0) is 0 Å². The van der Waals surface area contributed by atoms with E-state index in [1.54, 1.807) is 0 Å². The SMILES string of the molecule is c1ccc(C2=NC(c3ccccc3)NC(c3cc(-c4cccc5ccccc45)cc4oc5ccccc5c34)=N2)cc1. The minimum Gasteiger partial charge on any atom is -0.456 e. The smallest absolute Gasteiger partial charge is 0.159 e. The maximum Gasteiger partial charge on any atom is 0.159 e. The molecule has 1 unspecified atom stereocenters. The van der Waals surface area contributed by atoms with E-state index in [9.17, 15) is 0 Å². The number of furan rings is 1. The highest BCUT2D eigenvalue weighted by Crippen LogP contribution is 2.38. The summed E-state index contributed by atoms with van der Waals surface area (Å²) in [6, 6.07) is 48.0. The number of hydrogen-bond donors (Lipinski definition) is 1. The number of nitrogens with one attached hydrogen (secondary N) is 1. The number of nitrogens with zero attached hydrogens (tertiary/aromatic N) is 2. The molecule has 0 amide bonds. The van der Waals surface area contributed by atoms with Crippen LogP contribution in [0, 0.1) is 0 Å². The van der Waals surface area contributed by atoms with E-state index in [1.807, 2.05) is 48.5 Å². The third kappa shape index (κ3) is 4.09. The summed E-state index contributed by atoms with van der Waals surface area (Å²) >= 11 is 0. The number of amidine groups is 2. The van der Waals surface area contributed by atoms with Crippen LogP contribution in [0.2, 0.25) is 0 Å². The second kappa shape index (κ2) is 9.61. The summed E-state index contributed by atoms with van der Waals surface area (Å²) in [4.78, 5) is 10.2. The minimum absolute atomic E-state index is 0.284. The summed E-state index contributed by atoms with van der Waals surface area (Å²) in [5.74, 6) is 1.47. The summed E-state index contributed by atoms with van der Waals surface area (Å²) in [5.41, 5.74) is 6.95. The predicted octanol–water partition coefficient (Wildman–Crippen LogP) is 8.90. The van der Waals surface area contributed by atoms with Gasteiger partial charge in [-0.05, 0) is 45.7 Å². The van der Waals surface area contributed by atoms with Gasteiger partial charge in [-0.1, -0.05) is 121 Å². The summed E-state index contributed by atoms with van der Waals surface area (Å²) in [5, 5.41) is 8.17.